The first-order valence-electron chi connectivity index (χ1n) is 6.78. The van der Waals surface area contributed by atoms with E-state index < -0.39 is 6.09 Å². The van der Waals surface area contributed by atoms with E-state index in [1.165, 1.54) is 5.69 Å². The number of nitrogens with zero attached hydrogens (tertiary/aromatic N) is 2. The highest BCUT2D eigenvalue weighted by Crippen LogP contribution is 2.24. The number of carbonyl (C=O) groups excluding carboxylic acids is 1. The summed E-state index contributed by atoms with van der Waals surface area (Å²) in [7, 11) is 0. The third-order valence-electron chi connectivity index (χ3n) is 3.54. The van der Waals surface area contributed by atoms with Gasteiger partial charge in [0.05, 0.1) is 0 Å². The Morgan fingerprint density at radius 3 is 2.95 bits per heavy atom. The molecule has 0 bridgehead atoms. The Morgan fingerprint density at radius 2 is 2.20 bits per heavy atom. The lowest BCUT2D eigenvalue weighted by Gasteiger charge is -2.06. The molecule has 0 saturated heterocycles. The smallest absolute Gasteiger partial charge is 0.413 e. The third-order valence-corrected chi connectivity index (χ3v) is 3.54. The van der Waals surface area contributed by atoms with E-state index in [9.17, 15) is 4.79 Å². The highest BCUT2D eigenvalue weighted by Gasteiger charge is 2.20. The van der Waals surface area contributed by atoms with Gasteiger partial charge in [0, 0.05) is 17.8 Å². The molecule has 3 rings (SSSR count). The second-order valence-corrected chi connectivity index (χ2v) is 4.93. The van der Waals surface area contributed by atoms with Crippen molar-refractivity contribution in [3.8, 4) is 0 Å². The van der Waals surface area contributed by atoms with Crippen LogP contribution in [0, 0.1) is 6.92 Å². The Bertz CT molecular complexity index is 620. The van der Waals surface area contributed by atoms with Gasteiger partial charge < -0.3 is 4.74 Å². The second kappa shape index (κ2) is 5.36. The van der Waals surface area contributed by atoms with E-state index >= 15 is 0 Å². The second-order valence-electron chi connectivity index (χ2n) is 4.93. The summed E-state index contributed by atoms with van der Waals surface area (Å²) in [5.41, 5.74) is 3.22. The van der Waals surface area contributed by atoms with E-state index in [4.69, 9.17) is 4.74 Å². The van der Waals surface area contributed by atoms with Crippen molar-refractivity contribution in [2.45, 2.75) is 32.9 Å². The summed E-state index contributed by atoms with van der Waals surface area (Å²) in [5.74, 6) is 0.609. The summed E-state index contributed by atoms with van der Waals surface area (Å²) in [6.07, 6.45) is 1.69. The third kappa shape index (κ3) is 2.52. The predicted molar refractivity (Wildman–Crippen MR) is 75.5 cm³/mol. The monoisotopic (exact) mass is 271 g/mol. The highest BCUT2D eigenvalue weighted by atomic mass is 16.5. The van der Waals surface area contributed by atoms with E-state index in [0.29, 0.717) is 5.82 Å². The fourth-order valence-electron chi connectivity index (χ4n) is 2.46. The number of hydrogen-bond acceptors (Lipinski definition) is 3. The van der Waals surface area contributed by atoms with Crippen molar-refractivity contribution in [2.24, 2.45) is 0 Å². The van der Waals surface area contributed by atoms with Crippen molar-refractivity contribution in [3.05, 3.63) is 47.2 Å². The average molecular weight is 271 g/mol. The van der Waals surface area contributed by atoms with Crippen LogP contribution in [0.1, 0.15) is 23.2 Å². The zero-order valence-corrected chi connectivity index (χ0v) is 11.4. The number of anilines is 1. The molecular weight excluding hydrogens is 254 g/mol. The molecule has 20 heavy (non-hydrogen) atoms. The molecule has 1 amide bonds. The van der Waals surface area contributed by atoms with Crippen LogP contribution in [0.4, 0.5) is 10.6 Å². The molecule has 5 nitrogen and oxygen atoms in total. The Morgan fingerprint density at radius 1 is 1.40 bits per heavy atom. The fraction of sp³-hybridized carbons (Fsp3) is 0.333. The predicted octanol–water partition coefficient (Wildman–Crippen LogP) is 2.89. The molecule has 1 aliphatic heterocycles. The van der Waals surface area contributed by atoms with Crippen LogP contribution in [-0.2, 0) is 24.3 Å². The molecule has 0 atom stereocenters. The molecule has 1 aromatic carbocycles. The highest BCUT2D eigenvalue weighted by molar-refractivity contribution is 5.84. The molecule has 0 radical (unpaired) electrons. The van der Waals surface area contributed by atoms with Crippen LogP contribution in [0.25, 0.3) is 0 Å². The van der Waals surface area contributed by atoms with Gasteiger partial charge in [-0.25, -0.2) is 4.79 Å². The molecule has 0 saturated carbocycles. The summed E-state index contributed by atoms with van der Waals surface area (Å²) >= 11 is 0. The maximum Gasteiger partial charge on any atom is 0.413 e. The van der Waals surface area contributed by atoms with Gasteiger partial charge in [0.1, 0.15) is 6.61 Å². The number of amides is 1. The van der Waals surface area contributed by atoms with E-state index in [1.54, 1.807) is 0 Å². The maximum atomic E-state index is 11.8. The minimum absolute atomic E-state index is 0.263. The lowest BCUT2D eigenvalue weighted by atomic mass is 10.2. The number of rotatable bonds is 3. The lowest BCUT2D eigenvalue weighted by molar-refractivity contribution is 0.155. The summed E-state index contributed by atoms with van der Waals surface area (Å²) < 4.78 is 7.15. The number of fused-ring (bicyclic) bond motifs is 1. The van der Waals surface area contributed by atoms with Gasteiger partial charge in [-0.2, -0.15) is 5.10 Å². The van der Waals surface area contributed by atoms with Crippen molar-refractivity contribution >= 4 is 11.9 Å². The molecule has 0 unspecified atom stereocenters. The van der Waals surface area contributed by atoms with Gasteiger partial charge in [-0.3, -0.25) is 10.00 Å². The SMILES string of the molecule is Cc1c(NC(=O)OCc2ccccc2)nn2c1CCC2. The van der Waals surface area contributed by atoms with E-state index in [0.717, 1.165) is 30.5 Å². The summed E-state index contributed by atoms with van der Waals surface area (Å²) in [6.45, 7) is 3.17. The van der Waals surface area contributed by atoms with Gasteiger partial charge in [-0.15, -0.1) is 0 Å². The molecule has 0 fully saturated rings. The van der Waals surface area contributed by atoms with Crippen LogP contribution >= 0.6 is 0 Å². The number of carbonyl (C=O) groups is 1. The van der Waals surface area contributed by atoms with Gasteiger partial charge in [-0.1, -0.05) is 30.3 Å². The Balaban J connectivity index is 1.59. The first kappa shape index (κ1) is 12.7. The van der Waals surface area contributed by atoms with Crippen LogP contribution in [0.15, 0.2) is 30.3 Å². The number of ether oxygens (including phenoxy) is 1. The van der Waals surface area contributed by atoms with Gasteiger partial charge >= 0.3 is 6.09 Å². The van der Waals surface area contributed by atoms with Gasteiger partial charge in [0.2, 0.25) is 0 Å². The van der Waals surface area contributed by atoms with Crippen LogP contribution in [-0.4, -0.2) is 15.9 Å². The van der Waals surface area contributed by atoms with Crippen LogP contribution in [0.3, 0.4) is 0 Å². The standard InChI is InChI=1S/C15H17N3O2/c1-11-13-8-5-9-18(13)17-14(11)16-15(19)20-10-12-6-3-2-4-7-12/h2-4,6-7H,5,8-10H2,1H3,(H,16,17,19). The number of hydrogen-bond donors (Lipinski definition) is 1. The number of aryl methyl sites for hydroxylation is 1. The largest absolute Gasteiger partial charge is 0.444 e. The Labute approximate surface area is 117 Å². The molecule has 2 aromatic rings. The van der Waals surface area contributed by atoms with Gasteiger partial charge in [-0.05, 0) is 25.3 Å². The quantitative estimate of drug-likeness (QED) is 0.933. The normalized spacial score (nSPS) is 13.1. The summed E-state index contributed by atoms with van der Waals surface area (Å²) in [4.78, 5) is 11.8. The molecule has 104 valence electrons. The number of nitrogens with one attached hydrogen (secondary N) is 1. The lowest BCUT2D eigenvalue weighted by Crippen LogP contribution is -2.14. The molecule has 1 aromatic heterocycles. The van der Waals surface area contributed by atoms with E-state index in [-0.39, 0.29) is 6.61 Å². The van der Waals surface area contributed by atoms with Crippen molar-refractivity contribution in [2.75, 3.05) is 5.32 Å². The maximum absolute atomic E-state index is 11.8. The van der Waals surface area contributed by atoms with Gasteiger partial charge in [0.25, 0.3) is 0 Å². The number of benzene rings is 1. The number of aromatic nitrogens is 2. The first-order chi connectivity index (χ1) is 9.74. The Kier molecular flexibility index (Phi) is 3.41. The first-order valence-corrected chi connectivity index (χ1v) is 6.78. The Hall–Kier alpha value is -2.30. The van der Waals surface area contributed by atoms with Crippen LogP contribution in [0.5, 0.6) is 0 Å². The molecule has 2 heterocycles. The van der Waals surface area contributed by atoms with Crippen molar-refractivity contribution in [3.63, 3.8) is 0 Å². The average Bonchev–Trinajstić information content (AvgIpc) is 3.02. The molecule has 1 aliphatic rings. The molecule has 5 heteroatoms. The minimum atomic E-state index is -0.464. The fourth-order valence-corrected chi connectivity index (χ4v) is 2.46. The minimum Gasteiger partial charge on any atom is -0.444 e. The summed E-state index contributed by atoms with van der Waals surface area (Å²) in [6, 6.07) is 9.61. The van der Waals surface area contributed by atoms with E-state index in [2.05, 4.69) is 10.4 Å². The van der Waals surface area contributed by atoms with Crippen LogP contribution < -0.4 is 5.32 Å². The molecule has 0 spiro atoms. The molecule has 1 N–H and O–H groups in total. The summed E-state index contributed by atoms with van der Waals surface area (Å²) in [5, 5.41) is 7.11. The zero-order valence-electron chi connectivity index (χ0n) is 11.4. The topological polar surface area (TPSA) is 56.1 Å². The van der Waals surface area contributed by atoms with Crippen LogP contribution in [0.2, 0.25) is 0 Å². The van der Waals surface area contributed by atoms with Crippen molar-refractivity contribution < 1.29 is 9.53 Å². The van der Waals surface area contributed by atoms with E-state index in [1.807, 2.05) is 41.9 Å². The van der Waals surface area contributed by atoms with Crippen molar-refractivity contribution in [1.29, 1.82) is 0 Å². The molecule has 0 aliphatic carbocycles. The van der Waals surface area contributed by atoms with Gasteiger partial charge in [0.15, 0.2) is 5.82 Å². The zero-order chi connectivity index (χ0) is 13.9. The molecular formula is C15H17N3O2. The van der Waals surface area contributed by atoms with Crippen molar-refractivity contribution in [1.82, 2.24) is 9.78 Å².